The van der Waals surface area contributed by atoms with E-state index < -0.39 is 5.97 Å². The van der Waals surface area contributed by atoms with Crippen molar-refractivity contribution in [2.75, 3.05) is 20.3 Å². The molecule has 0 radical (unpaired) electrons. The minimum atomic E-state index is -0.471. The van der Waals surface area contributed by atoms with E-state index in [2.05, 4.69) is 0 Å². The summed E-state index contributed by atoms with van der Waals surface area (Å²) >= 11 is 0. The van der Waals surface area contributed by atoms with Gasteiger partial charge in [-0.25, -0.2) is 0 Å². The number of methoxy groups -OCH3 is 1. The number of amides is 1. The fourth-order valence-electron chi connectivity index (χ4n) is 2.84. The first-order valence-electron chi connectivity index (χ1n) is 8.30. The van der Waals surface area contributed by atoms with Crippen molar-refractivity contribution < 1.29 is 28.6 Å². The Bertz CT molecular complexity index is 740. The molecule has 0 bridgehead atoms. The summed E-state index contributed by atoms with van der Waals surface area (Å²) in [5.41, 5.74) is 1.52. The van der Waals surface area contributed by atoms with Gasteiger partial charge in [-0.2, -0.15) is 0 Å². The molecule has 0 aliphatic carbocycles. The number of benzene rings is 1. The first kappa shape index (κ1) is 19.5. The molecule has 140 valence electrons. The third-order valence-electron chi connectivity index (χ3n) is 4.12. The second-order valence-corrected chi connectivity index (χ2v) is 6.00. The number of allylic oxidation sites excluding steroid dienone is 1. The standard InChI is InChI=1S/C19H23NO6/c1-5-14-8-16(11-25-12(2)21)20(10-14)19(23)15-6-7-17(26-13(3)22)18(9-15)24-4/h5-7,9,16H,8,10-11H2,1-4H3/b14-5+/t16-/m0/s1. The second-order valence-electron chi connectivity index (χ2n) is 6.00. The third-order valence-corrected chi connectivity index (χ3v) is 4.12. The van der Waals surface area contributed by atoms with Gasteiger partial charge in [0.05, 0.1) is 13.2 Å². The minimum absolute atomic E-state index is 0.154. The van der Waals surface area contributed by atoms with Crippen LogP contribution in [0.15, 0.2) is 29.8 Å². The van der Waals surface area contributed by atoms with Crippen molar-refractivity contribution in [3.8, 4) is 11.5 Å². The van der Waals surface area contributed by atoms with Gasteiger partial charge in [-0.05, 0) is 31.5 Å². The van der Waals surface area contributed by atoms with Crippen LogP contribution in [0.4, 0.5) is 0 Å². The first-order chi connectivity index (χ1) is 12.3. The number of esters is 2. The average molecular weight is 361 g/mol. The van der Waals surface area contributed by atoms with E-state index in [1.54, 1.807) is 11.0 Å². The second kappa shape index (κ2) is 8.51. The lowest BCUT2D eigenvalue weighted by molar-refractivity contribution is -0.142. The highest BCUT2D eigenvalue weighted by Gasteiger charge is 2.33. The van der Waals surface area contributed by atoms with E-state index in [9.17, 15) is 14.4 Å². The molecule has 1 aliphatic rings. The van der Waals surface area contributed by atoms with Crippen LogP contribution < -0.4 is 9.47 Å². The molecule has 2 rings (SSSR count). The van der Waals surface area contributed by atoms with Crippen LogP contribution in [-0.2, 0) is 14.3 Å². The smallest absolute Gasteiger partial charge is 0.308 e. The van der Waals surface area contributed by atoms with E-state index in [1.807, 2.05) is 13.0 Å². The van der Waals surface area contributed by atoms with E-state index in [0.29, 0.717) is 24.3 Å². The Morgan fingerprint density at radius 2 is 1.92 bits per heavy atom. The van der Waals surface area contributed by atoms with Gasteiger partial charge in [-0.15, -0.1) is 0 Å². The Morgan fingerprint density at radius 3 is 2.50 bits per heavy atom. The summed E-state index contributed by atoms with van der Waals surface area (Å²) in [7, 11) is 1.44. The van der Waals surface area contributed by atoms with E-state index in [-0.39, 0.29) is 30.3 Å². The van der Waals surface area contributed by atoms with Crippen molar-refractivity contribution in [2.45, 2.75) is 33.2 Å². The maximum absolute atomic E-state index is 13.0. The molecule has 1 fully saturated rings. The van der Waals surface area contributed by atoms with Gasteiger partial charge in [0.15, 0.2) is 11.5 Å². The van der Waals surface area contributed by atoms with E-state index >= 15 is 0 Å². The quantitative estimate of drug-likeness (QED) is 0.455. The minimum Gasteiger partial charge on any atom is -0.493 e. The van der Waals surface area contributed by atoms with Crippen LogP contribution in [0.25, 0.3) is 0 Å². The van der Waals surface area contributed by atoms with Crippen LogP contribution in [0.5, 0.6) is 11.5 Å². The van der Waals surface area contributed by atoms with Gasteiger partial charge in [0.25, 0.3) is 5.91 Å². The molecule has 7 heteroatoms. The molecule has 1 aromatic rings. The van der Waals surface area contributed by atoms with E-state index in [4.69, 9.17) is 14.2 Å². The molecule has 0 unspecified atom stereocenters. The molecule has 1 saturated heterocycles. The topological polar surface area (TPSA) is 82.1 Å². The van der Waals surface area contributed by atoms with E-state index in [1.165, 1.54) is 33.1 Å². The summed E-state index contributed by atoms with van der Waals surface area (Å²) < 4.78 is 15.4. The van der Waals surface area contributed by atoms with Crippen molar-refractivity contribution in [3.63, 3.8) is 0 Å². The predicted octanol–water partition coefficient (Wildman–Crippen LogP) is 2.34. The zero-order chi connectivity index (χ0) is 19.3. The van der Waals surface area contributed by atoms with Gasteiger partial charge in [-0.3, -0.25) is 14.4 Å². The van der Waals surface area contributed by atoms with Crippen LogP contribution >= 0.6 is 0 Å². The number of ether oxygens (including phenoxy) is 3. The molecule has 0 spiro atoms. The highest BCUT2D eigenvalue weighted by molar-refractivity contribution is 5.95. The Hall–Kier alpha value is -2.83. The summed E-state index contributed by atoms with van der Waals surface area (Å²) in [4.78, 5) is 36.9. The number of carbonyl (C=O) groups is 3. The number of hydrogen-bond acceptors (Lipinski definition) is 6. The summed E-state index contributed by atoms with van der Waals surface area (Å²) in [6.45, 7) is 5.19. The van der Waals surface area contributed by atoms with Crippen LogP contribution in [-0.4, -0.2) is 49.0 Å². The van der Waals surface area contributed by atoms with Crippen LogP contribution in [0.2, 0.25) is 0 Å². The SMILES string of the molecule is C/C=C1\C[C@@H](COC(C)=O)N(C(=O)c2ccc(OC(C)=O)c(OC)c2)C1. The Morgan fingerprint density at radius 1 is 1.19 bits per heavy atom. The lowest BCUT2D eigenvalue weighted by Crippen LogP contribution is -2.38. The van der Waals surface area contributed by atoms with Gasteiger partial charge in [-0.1, -0.05) is 11.6 Å². The summed E-state index contributed by atoms with van der Waals surface area (Å²) in [6.07, 6.45) is 2.64. The molecule has 7 nitrogen and oxygen atoms in total. The van der Waals surface area contributed by atoms with Crippen LogP contribution in [0.3, 0.4) is 0 Å². The lowest BCUT2D eigenvalue weighted by Gasteiger charge is -2.24. The monoisotopic (exact) mass is 361 g/mol. The first-order valence-corrected chi connectivity index (χ1v) is 8.30. The van der Waals surface area contributed by atoms with E-state index in [0.717, 1.165) is 5.57 Å². The summed E-state index contributed by atoms with van der Waals surface area (Å²) in [5.74, 6) is -0.497. The predicted molar refractivity (Wildman–Crippen MR) is 94.1 cm³/mol. The molecular weight excluding hydrogens is 338 g/mol. The Kier molecular flexibility index (Phi) is 6.38. The summed E-state index contributed by atoms with van der Waals surface area (Å²) in [5, 5.41) is 0. The van der Waals surface area contributed by atoms with Crippen molar-refractivity contribution in [1.29, 1.82) is 0 Å². The van der Waals surface area contributed by atoms with Crippen LogP contribution in [0.1, 0.15) is 37.6 Å². The maximum Gasteiger partial charge on any atom is 0.308 e. The lowest BCUT2D eigenvalue weighted by atomic mass is 10.1. The largest absolute Gasteiger partial charge is 0.493 e. The molecule has 26 heavy (non-hydrogen) atoms. The highest BCUT2D eigenvalue weighted by Crippen LogP contribution is 2.31. The number of likely N-dealkylation sites (tertiary alicyclic amines) is 1. The molecule has 0 N–H and O–H groups in total. The maximum atomic E-state index is 13.0. The van der Waals surface area contributed by atoms with Gasteiger partial charge in [0.1, 0.15) is 6.61 Å². The number of hydrogen-bond donors (Lipinski definition) is 0. The fourth-order valence-corrected chi connectivity index (χ4v) is 2.84. The molecule has 1 aliphatic heterocycles. The number of rotatable bonds is 5. The Balaban J connectivity index is 2.24. The zero-order valence-electron chi connectivity index (χ0n) is 15.4. The zero-order valence-corrected chi connectivity index (χ0v) is 15.4. The number of nitrogens with zero attached hydrogens (tertiary/aromatic N) is 1. The fraction of sp³-hybridized carbons (Fsp3) is 0.421. The summed E-state index contributed by atoms with van der Waals surface area (Å²) in [6, 6.07) is 4.44. The van der Waals surface area contributed by atoms with Crippen LogP contribution in [0, 0.1) is 0 Å². The molecule has 1 heterocycles. The molecule has 1 atom stereocenters. The average Bonchev–Trinajstić information content (AvgIpc) is 3.02. The van der Waals surface area contributed by atoms with Gasteiger partial charge < -0.3 is 19.1 Å². The van der Waals surface area contributed by atoms with Gasteiger partial charge in [0.2, 0.25) is 0 Å². The van der Waals surface area contributed by atoms with Crippen molar-refractivity contribution in [1.82, 2.24) is 4.90 Å². The van der Waals surface area contributed by atoms with Crippen molar-refractivity contribution in [3.05, 3.63) is 35.4 Å². The van der Waals surface area contributed by atoms with Crippen molar-refractivity contribution >= 4 is 17.8 Å². The highest BCUT2D eigenvalue weighted by atomic mass is 16.6. The Labute approximate surface area is 152 Å². The molecule has 1 aromatic carbocycles. The number of carbonyl (C=O) groups excluding carboxylic acids is 3. The molecular formula is C19H23NO6. The molecule has 0 aromatic heterocycles. The molecule has 1 amide bonds. The van der Waals surface area contributed by atoms with Gasteiger partial charge >= 0.3 is 11.9 Å². The molecule has 0 saturated carbocycles. The normalized spacial score (nSPS) is 17.9. The van der Waals surface area contributed by atoms with Gasteiger partial charge in [0, 0.05) is 26.0 Å². The third kappa shape index (κ3) is 4.62. The van der Waals surface area contributed by atoms with Crippen molar-refractivity contribution in [2.24, 2.45) is 0 Å².